The normalized spacial score (nSPS) is 12.0. The average molecular weight is 302 g/mol. The topological polar surface area (TPSA) is 41.1 Å². The summed E-state index contributed by atoms with van der Waals surface area (Å²) in [5.41, 5.74) is 2.67. The summed E-state index contributed by atoms with van der Waals surface area (Å²) in [5, 5.41) is 6.33. The van der Waals surface area contributed by atoms with Crippen molar-refractivity contribution < 1.29 is 4.79 Å². The zero-order valence-electron chi connectivity index (χ0n) is 13.0. The fourth-order valence-electron chi connectivity index (χ4n) is 2.22. The summed E-state index contributed by atoms with van der Waals surface area (Å²) in [7, 11) is 0. The lowest BCUT2D eigenvalue weighted by Crippen LogP contribution is -2.27. The first-order valence-corrected chi connectivity index (χ1v) is 8.04. The van der Waals surface area contributed by atoms with Gasteiger partial charge in [0.2, 0.25) is 0 Å². The van der Waals surface area contributed by atoms with Gasteiger partial charge in [0.05, 0.1) is 11.6 Å². The van der Waals surface area contributed by atoms with Gasteiger partial charge in [0.25, 0.3) is 5.91 Å². The molecule has 21 heavy (non-hydrogen) atoms. The third kappa shape index (κ3) is 3.85. The van der Waals surface area contributed by atoms with E-state index in [1.54, 1.807) is 11.3 Å². The van der Waals surface area contributed by atoms with Gasteiger partial charge in [0, 0.05) is 22.0 Å². The Kier molecular flexibility index (Phi) is 5.02. The van der Waals surface area contributed by atoms with Crippen LogP contribution in [0.3, 0.4) is 0 Å². The molecule has 0 saturated carbocycles. The zero-order chi connectivity index (χ0) is 15.4. The monoisotopic (exact) mass is 302 g/mol. The molecule has 2 aromatic rings. The van der Waals surface area contributed by atoms with Gasteiger partial charge in [0.1, 0.15) is 0 Å². The number of benzene rings is 1. The molecule has 112 valence electrons. The number of carbonyl (C=O) groups is 1. The summed E-state index contributed by atoms with van der Waals surface area (Å²) in [6.07, 6.45) is 0. The van der Waals surface area contributed by atoms with Gasteiger partial charge in [-0.25, -0.2) is 0 Å². The highest BCUT2D eigenvalue weighted by Gasteiger charge is 2.15. The molecule has 0 aliphatic heterocycles. The van der Waals surface area contributed by atoms with Gasteiger partial charge in [0.15, 0.2) is 0 Å². The van der Waals surface area contributed by atoms with E-state index in [1.807, 2.05) is 39.0 Å². The molecule has 3 nitrogen and oxygen atoms in total. The largest absolute Gasteiger partial charge is 0.385 e. The Morgan fingerprint density at radius 2 is 2.00 bits per heavy atom. The highest BCUT2D eigenvalue weighted by Crippen LogP contribution is 2.24. The van der Waals surface area contributed by atoms with Gasteiger partial charge < -0.3 is 10.6 Å². The predicted octanol–water partition coefficient (Wildman–Crippen LogP) is 4.29. The van der Waals surface area contributed by atoms with Crippen molar-refractivity contribution in [3.63, 3.8) is 0 Å². The van der Waals surface area contributed by atoms with E-state index in [4.69, 9.17) is 0 Å². The number of hydrogen-bond donors (Lipinski definition) is 2. The Morgan fingerprint density at radius 3 is 2.62 bits per heavy atom. The van der Waals surface area contributed by atoms with Crippen LogP contribution in [0.1, 0.15) is 45.6 Å². The summed E-state index contributed by atoms with van der Waals surface area (Å²) in [5.74, 6) is -0.0341. The first-order chi connectivity index (χ1) is 10.0. The van der Waals surface area contributed by atoms with Crippen molar-refractivity contribution in [3.8, 4) is 0 Å². The first kappa shape index (κ1) is 15.6. The van der Waals surface area contributed by atoms with Gasteiger partial charge in [-0.15, -0.1) is 11.3 Å². The molecule has 0 radical (unpaired) electrons. The molecule has 4 heteroatoms. The van der Waals surface area contributed by atoms with Crippen molar-refractivity contribution in [1.29, 1.82) is 0 Å². The Balaban J connectivity index is 2.18. The van der Waals surface area contributed by atoms with Crippen LogP contribution in [0.15, 0.2) is 30.3 Å². The molecule has 1 unspecified atom stereocenters. The lowest BCUT2D eigenvalue weighted by molar-refractivity contribution is 0.0941. The SMILES string of the molecule is CCNc1ccc(C)cc1C(=O)NC(C)c1ccc(C)s1. The van der Waals surface area contributed by atoms with Crippen LogP contribution in [0, 0.1) is 13.8 Å². The second-order valence-corrected chi connectivity index (χ2v) is 6.54. The van der Waals surface area contributed by atoms with Gasteiger partial charge in [-0.1, -0.05) is 11.6 Å². The lowest BCUT2D eigenvalue weighted by atomic mass is 10.1. The molecule has 0 aliphatic rings. The third-order valence-electron chi connectivity index (χ3n) is 3.32. The van der Waals surface area contributed by atoms with E-state index in [-0.39, 0.29) is 11.9 Å². The molecule has 0 bridgehead atoms. The molecule has 1 aromatic heterocycles. The Hall–Kier alpha value is -1.81. The van der Waals surface area contributed by atoms with Crippen molar-refractivity contribution in [3.05, 3.63) is 51.2 Å². The fourth-order valence-corrected chi connectivity index (χ4v) is 3.10. The molecular weight excluding hydrogens is 280 g/mol. The number of aryl methyl sites for hydroxylation is 2. The van der Waals surface area contributed by atoms with E-state index in [1.165, 1.54) is 9.75 Å². The van der Waals surface area contributed by atoms with Gasteiger partial charge in [-0.2, -0.15) is 0 Å². The van der Waals surface area contributed by atoms with Crippen LogP contribution in [0.25, 0.3) is 0 Å². The molecule has 0 saturated heterocycles. The number of nitrogens with one attached hydrogen (secondary N) is 2. The average Bonchev–Trinajstić information content (AvgIpc) is 2.87. The highest BCUT2D eigenvalue weighted by atomic mass is 32.1. The standard InChI is InChI=1S/C17H22N2OS/c1-5-18-15-8-6-11(2)10-14(15)17(20)19-13(4)16-9-7-12(3)21-16/h6-10,13,18H,5H2,1-4H3,(H,19,20). The minimum atomic E-state index is -0.0341. The van der Waals surface area contributed by atoms with Crippen molar-refractivity contribution in [2.45, 2.75) is 33.7 Å². The molecule has 1 atom stereocenters. The van der Waals surface area contributed by atoms with Gasteiger partial charge >= 0.3 is 0 Å². The quantitative estimate of drug-likeness (QED) is 0.865. The molecule has 2 rings (SSSR count). The van der Waals surface area contributed by atoms with Crippen LogP contribution in [-0.2, 0) is 0 Å². The van der Waals surface area contributed by atoms with Gasteiger partial charge in [-0.3, -0.25) is 4.79 Å². The molecule has 0 aliphatic carbocycles. The number of hydrogen-bond acceptors (Lipinski definition) is 3. The van der Waals surface area contributed by atoms with Crippen LogP contribution in [-0.4, -0.2) is 12.5 Å². The first-order valence-electron chi connectivity index (χ1n) is 7.23. The molecular formula is C17H22N2OS. The van der Waals surface area contributed by atoms with Crippen LogP contribution >= 0.6 is 11.3 Å². The van der Waals surface area contributed by atoms with Gasteiger partial charge in [-0.05, 0) is 52.0 Å². The second kappa shape index (κ2) is 6.76. The van der Waals surface area contributed by atoms with Crippen LogP contribution in [0.5, 0.6) is 0 Å². The number of amides is 1. The Bertz CT molecular complexity index is 633. The summed E-state index contributed by atoms with van der Waals surface area (Å²) in [6, 6.07) is 10.1. The Morgan fingerprint density at radius 1 is 1.24 bits per heavy atom. The minimum Gasteiger partial charge on any atom is -0.385 e. The summed E-state index contributed by atoms with van der Waals surface area (Å²) in [6.45, 7) is 8.92. The zero-order valence-corrected chi connectivity index (χ0v) is 13.8. The molecule has 1 aromatic carbocycles. The number of anilines is 1. The summed E-state index contributed by atoms with van der Waals surface area (Å²) < 4.78 is 0. The van der Waals surface area contributed by atoms with E-state index in [9.17, 15) is 4.79 Å². The maximum Gasteiger partial charge on any atom is 0.253 e. The van der Waals surface area contributed by atoms with Crippen molar-refractivity contribution >= 4 is 22.9 Å². The Labute approximate surface area is 130 Å². The molecule has 1 amide bonds. The fraction of sp³-hybridized carbons (Fsp3) is 0.353. The molecule has 1 heterocycles. The van der Waals surface area contributed by atoms with Crippen LogP contribution < -0.4 is 10.6 Å². The van der Waals surface area contributed by atoms with Crippen LogP contribution in [0.4, 0.5) is 5.69 Å². The van der Waals surface area contributed by atoms with E-state index >= 15 is 0 Å². The van der Waals surface area contributed by atoms with E-state index in [2.05, 4.69) is 29.7 Å². The predicted molar refractivity (Wildman–Crippen MR) is 90.3 cm³/mol. The maximum atomic E-state index is 12.5. The molecule has 0 fully saturated rings. The summed E-state index contributed by atoms with van der Waals surface area (Å²) >= 11 is 1.72. The number of carbonyl (C=O) groups excluding carboxylic acids is 1. The van der Waals surface area contributed by atoms with Crippen molar-refractivity contribution in [2.24, 2.45) is 0 Å². The van der Waals surface area contributed by atoms with E-state index in [0.717, 1.165) is 17.8 Å². The number of thiophene rings is 1. The smallest absolute Gasteiger partial charge is 0.253 e. The molecule has 0 spiro atoms. The minimum absolute atomic E-state index is 0.0196. The van der Waals surface area contributed by atoms with E-state index < -0.39 is 0 Å². The van der Waals surface area contributed by atoms with Crippen LogP contribution in [0.2, 0.25) is 0 Å². The number of rotatable bonds is 5. The van der Waals surface area contributed by atoms with Crippen molar-refractivity contribution in [1.82, 2.24) is 5.32 Å². The van der Waals surface area contributed by atoms with E-state index in [0.29, 0.717) is 5.56 Å². The second-order valence-electron chi connectivity index (χ2n) is 5.22. The third-order valence-corrected chi connectivity index (χ3v) is 4.51. The van der Waals surface area contributed by atoms with Crippen molar-refractivity contribution in [2.75, 3.05) is 11.9 Å². The lowest BCUT2D eigenvalue weighted by Gasteiger charge is -2.15. The molecule has 2 N–H and O–H groups in total. The highest BCUT2D eigenvalue weighted by molar-refractivity contribution is 7.12. The summed E-state index contributed by atoms with van der Waals surface area (Å²) in [4.78, 5) is 15.0. The maximum absolute atomic E-state index is 12.5.